The molecule has 0 bridgehead atoms. The summed E-state index contributed by atoms with van der Waals surface area (Å²) in [6, 6.07) is 6.69. The third kappa shape index (κ3) is 4.35. The van der Waals surface area contributed by atoms with Crippen LogP contribution in [0, 0.1) is 0 Å². The molecule has 1 aromatic carbocycles. The Morgan fingerprint density at radius 1 is 1.30 bits per heavy atom. The maximum atomic E-state index is 12.8. The molecule has 27 heavy (non-hydrogen) atoms. The van der Waals surface area contributed by atoms with E-state index in [0.717, 1.165) is 0 Å². The smallest absolute Gasteiger partial charge is 0.262 e. The Kier molecular flexibility index (Phi) is 5.62. The molecule has 3 rings (SSSR count). The number of nitrogens with one attached hydrogen (secondary N) is 1. The highest BCUT2D eigenvalue weighted by Crippen LogP contribution is 2.25. The number of thioether (sulfide) groups is 1. The summed E-state index contributed by atoms with van der Waals surface area (Å²) in [4.78, 5) is 29.9. The van der Waals surface area contributed by atoms with Gasteiger partial charge in [0.2, 0.25) is 5.91 Å². The van der Waals surface area contributed by atoms with Crippen LogP contribution in [0.3, 0.4) is 0 Å². The van der Waals surface area contributed by atoms with Gasteiger partial charge in [-0.05, 0) is 39.3 Å². The van der Waals surface area contributed by atoms with Crippen LogP contribution in [-0.2, 0) is 14.6 Å². The van der Waals surface area contributed by atoms with Crippen molar-refractivity contribution < 1.29 is 13.2 Å². The zero-order valence-corrected chi connectivity index (χ0v) is 17.1. The van der Waals surface area contributed by atoms with Crippen LogP contribution in [0.15, 0.2) is 34.2 Å². The molecule has 0 spiro atoms. The second kappa shape index (κ2) is 7.63. The van der Waals surface area contributed by atoms with Gasteiger partial charge in [-0.1, -0.05) is 23.9 Å². The van der Waals surface area contributed by atoms with Crippen molar-refractivity contribution in [2.75, 3.05) is 11.5 Å². The van der Waals surface area contributed by atoms with Gasteiger partial charge in [0.15, 0.2) is 15.0 Å². The van der Waals surface area contributed by atoms with Crippen molar-refractivity contribution in [2.45, 2.75) is 49.7 Å². The molecule has 7 nitrogen and oxygen atoms in total. The molecule has 1 saturated heterocycles. The molecule has 0 aliphatic carbocycles. The van der Waals surface area contributed by atoms with Gasteiger partial charge in [0.25, 0.3) is 5.56 Å². The number of carbonyl (C=O) groups excluding carboxylic acids is 1. The Balaban J connectivity index is 1.84. The molecule has 0 saturated carbocycles. The van der Waals surface area contributed by atoms with E-state index in [1.807, 2.05) is 19.9 Å². The molecule has 9 heteroatoms. The first-order valence-electron chi connectivity index (χ1n) is 8.86. The Morgan fingerprint density at radius 3 is 2.63 bits per heavy atom. The lowest BCUT2D eigenvalue weighted by atomic mass is 10.2. The van der Waals surface area contributed by atoms with Crippen LogP contribution in [0.1, 0.15) is 33.2 Å². The third-order valence-corrected chi connectivity index (χ3v) is 7.36. The highest BCUT2D eigenvalue weighted by atomic mass is 32.2. The first-order chi connectivity index (χ1) is 12.7. The Labute approximate surface area is 162 Å². The van der Waals surface area contributed by atoms with Gasteiger partial charge in [0.1, 0.15) is 0 Å². The molecule has 2 aromatic rings. The van der Waals surface area contributed by atoms with Crippen LogP contribution < -0.4 is 10.9 Å². The first kappa shape index (κ1) is 19.9. The van der Waals surface area contributed by atoms with Crippen molar-refractivity contribution in [1.29, 1.82) is 0 Å². The monoisotopic (exact) mass is 409 g/mol. The SMILES string of the molecule is CC(C)n1c(S[C@H](C)C(=O)N[C@H]2CCS(=O)(=O)C2)nc2ccccc2c1=O. The van der Waals surface area contributed by atoms with E-state index in [2.05, 4.69) is 10.3 Å². The van der Waals surface area contributed by atoms with Crippen molar-refractivity contribution in [3.05, 3.63) is 34.6 Å². The molecular weight excluding hydrogens is 386 g/mol. The van der Waals surface area contributed by atoms with Gasteiger partial charge in [-0.25, -0.2) is 13.4 Å². The van der Waals surface area contributed by atoms with Crippen molar-refractivity contribution in [3.63, 3.8) is 0 Å². The summed E-state index contributed by atoms with van der Waals surface area (Å²) in [7, 11) is -3.05. The Morgan fingerprint density at radius 2 is 2.00 bits per heavy atom. The van der Waals surface area contributed by atoms with E-state index < -0.39 is 15.1 Å². The van der Waals surface area contributed by atoms with Crippen LogP contribution >= 0.6 is 11.8 Å². The maximum Gasteiger partial charge on any atom is 0.262 e. The minimum Gasteiger partial charge on any atom is -0.351 e. The van der Waals surface area contributed by atoms with Gasteiger partial charge >= 0.3 is 0 Å². The fourth-order valence-electron chi connectivity index (χ4n) is 3.10. The summed E-state index contributed by atoms with van der Waals surface area (Å²) in [5.74, 6) is -0.153. The lowest BCUT2D eigenvalue weighted by molar-refractivity contribution is -0.120. The number of amides is 1. The van der Waals surface area contributed by atoms with Gasteiger partial charge in [0.05, 0.1) is 27.7 Å². The number of hydrogen-bond acceptors (Lipinski definition) is 6. The van der Waals surface area contributed by atoms with E-state index in [4.69, 9.17) is 0 Å². The normalized spacial score (nSPS) is 20.1. The van der Waals surface area contributed by atoms with Crippen molar-refractivity contribution in [3.8, 4) is 0 Å². The molecule has 2 heterocycles. The molecule has 1 aromatic heterocycles. The molecule has 1 N–H and O–H groups in total. The fraction of sp³-hybridized carbons (Fsp3) is 0.500. The number of sulfone groups is 1. The van der Waals surface area contributed by atoms with Crippen LogP contribution in [0.4, 0.5) is 0 Å². The molecule has 1 fully saturated rings. The Bertz CT molecular complexity index is 1030. The van der Waals surface area contributed by atoms with E-state index in [1.54, 1.807) is 29.7 Å². The minimum atomic E-state index is -3.05. The fourth-order valence-corrected chi connectivity index (χ4v) is 5.83. The average molecular weight is 410 g/mol. The minimum absolute atomic E-state index is 0.0128. The van der Waals surface area contributed by atoms with Crippen molar-refractivity contribution >= 4 is 38.4 Å². The largest absolute Gasteiger partial charge is 0.351 e. The zero-order chi connectivity index (χ0) is 19.8. The summed E-state index contributed by atoms with van der Waals surface area (Å²) in [6.45, 7) is 5.53. The topological polar surface area (TPSA) is 98.1 Å². The van der Waals surface area contributed by atoms with Crippen LogP contribution in [0.25, 0.3) is 10.9 Å². The number of para-hydroxylation sites is 1. The van der Waals surface area contributed by atoms with Gasteiger partial charge in [-0.15, -0.1) is 0 Å². The highest BCUT2D eigenvalue weighted by molar-refractivity contribution is 8.00. The van der Waals surface area contributed by atoms with Gasteiger partial charge in [0, 0.05) is 12.1 Å². The predicted octanol–water partition coefficient (Wildman–Crippen LogP) is 1.76. The van der Waals surface area contributed by atoms with Crippen molar-refractivity contribution in [2.24, 2.45) is 0 Å². The summed E-state index contributed by atoms with van der Waals surface area (Å²) >= 11 is 1.21. The van der Waals surface area contributed by atoms with Crippen molar-refractivity contribution in [1.82, 2.24) is 14.9 Å². The average Bonchev–Trinajstić information content (AvgIpc) is 2.93. The third-order valence-electron chi connectivity index (χ3n) is 4.52. The van der Waals surface area contributed by atoms with E-state index in [0.29, 0.717) is 22.5 Å². The second-order valence-electron chi connectivity index (χ2n) is 7.05. The van der Waals surface area contributed by atoms with E-state index in [1.165, 1.54) is 11.8 Å². The van der Waals surface area contributed by atoms with Crippen LogP contribution in [0.2, 0.25) is 0 Å². The number of fused-ring (bicyclic) bond motifs is 1. The molecule has 0 unspecified atom stereocenters. The number of nitrogens with zero attached hydrogens (tertiary/aromatic N) is 2. The first-order valence-corrected chi connectivity index (χ1v) is 11.6. The summed E-state index contributed by atoms with van der Waals surface area (Å²) in [5, 5.41) is 3.32. The summed E-state index contributed by atoms with van der Waals surface area (Å²) in [6.07, 6.45) is 0.441. The molecule has 1 aliphatic rings. The van der Waals surface area contributed by atoms with Gasteiger partial charge in [-0.3, -0.25) is 14.2 Å². The second-order valence-corrected chi connectivity index (χ2v) is 10.6. The molecular formula is C18H23N3O4S2. The molecule has 1 aliphatic heterocycles. The van der Waals surface area contributed by atoms with Crippen LogP contribution in [-0.4, -0.2) is 46.7 Å². The quantitative estimate of drug-likeness (QED) is 0.597. The number of aromatic nitrogens is 2. The lowest BCUT2D eigenvalue weighted by Gasteiger charge is -2.19. The van der Waals surface area contributed by atoms with Crippen LogP contribution in [0.5, 0.6) is 0 Å². The Hall–Kier alpha value is -1.87. The zero-order valence-electron chi connectivity index (χ0n) is 15.5. The predicted molar refractivity (Wildman–Crippen MR) is 107 cm³/mol. The standard InChI is InChI=1S/C18H23N3O4S2/c1-11(2)21-17(23)14-6-4-5-7-15(14)20-18(21)26-12(3)16(22)19-13-8-9-27(24,25)10-13/h4-7,11-13H,8-10H2,1-3H3,(H,19,22)/t12-,13+/m1/s1. The number of hydrogen-bond donors (Lipinski definition) is 1. The van der Waals surface area contributed by atoms with E-state index in [9.17, 15) is 18.0 Å². The molecule has 2 atom stereocenters. The number of rotatable bonds is 5. The van der Waals surface area contributed by atoms with Gasteiger partial charge in [-0.2, -0.15) is 0 Å². The molecule has 1 amide bonds. The van der Waals surface area contributed by atoms with E-state index in [-0.39, 0.29) is 35.1 Å². The summed E-state index contributed by atoms with van der Waals surface area (Å²) in [5.41, 5.74) is 0.462. The lowest BCUT2D eigenvalue weighted by Crippen LogP contribution is -2.40. The maximum absolute atomic E-state index is 12.8. The number of carbonyl (C=O) groups is 1. The van der Waals surface area contributed by atoms with E-state index >= 15 is 0 Å². The molecule has 0 radical (unpaired) electrons. The summed E-state index contributed by atoms with van der Waals surface area (Å²) < 4.78 is 24.7. The number of benzene rings is 1. The van der Waals surface area contributed by atoms with Gasteiger partial charge < -0.3 is 5.32 Å². The highest BCUT2D eigenvalue weighted by Gasteiger charge is 2.30. The molecule has 146 valence electrons.